The summed E-state index contributed by atoms with van der Waals surface area (Å²) in [6, 6.07) is -0.182. The topological polar surface area (TPSA) is 134 Å². The summed E-state index contributed by atoms with van der Waals surface area (Å²) < 4.78 is 0. The Kier molecular flexibility index (Phi) is 6.07. The number of aromatic nitrogens is 1. The molecule has 5 N–H and O–H groups in total. The molecule has 1 aromatic heterocycles. The van der Waals surface area contributed by atoms with Crippen LogP contribution in [0.4, 0.5) is 0 Å². The zero-order valence-electron chi connectivity index (χ0n) is 10.9. The third-order valence-electron chi connectivity index (χ3n) is 2.18. The fourth-order valence-corrected chi connectivity index (χ4v) is 2.03. The molecule has 1 atom stereocenters. The van der Waals surface area contributed by atoms with Gasteiger partial charge in [-0.2, -0.15) is 0 Å². The predicted molar refractivity (Wildman–Crippen MR) is 72.1 cm³/mol. The van der Waals surface area contributed by atoms with Gasteiger partial charge in [-0.05, 0) is 6.92 Å². The fraction of sp³-hybridized carbons (Fsp3) is 0.455. The van der Waals surface area contributed by atoms with Gasteiger partial charge in [0.1, 0.15) is 11.6 Å². The number of nitrogens with two attached hydrogens (primary N) is 1. The molecule has 9 heteroatoms. The van der Waals surface area contributed by atoms with Crippen LogP contribution in [0.3, 0.4) is 0 Å². The van der Waals surface area contributed by atoms with Crippen molar-refractivity contribution >= 4 is 29.1 Å². The molecule has 1 heterocycles. The molecule has 0 aliphatic rings. The van der Waals surface area contributed by atoms with Gasteiger partial charge in [0.05, 0.1) is 24.7 Å². The SMILES string of the molecule is CC(N)c1nc(CC(=O)NCC(=O)NCC(=O)O)cs1. The normalized spacial score (nSPS) is 11.7. The largest absolute Gasteiger partial charge is 0.480 e. The quantitative estimate of drug-likeness (QED) is 0.511. The van der Waals surface area contributed by atoms with Gasteiger partial charge in [-0.3, -0.25) is 14.4 Å². The van der Waals surface area contributed by atoms with Gasteiger partial charge in [0, 0.05) is 5.38 Å². The number of carbonyl (C=O) groups excluding carboxylic acids is 2. The van der Waals surface area contributed by atoms with E-state index in [1.165, 1.54) is 11.3 Å². The van der Waals surface area contributed by atoms with E-state index in [0.717, 1.165) is 5.01 Å². The molecule has 1 unspecified atom stereocenters. The Labute approximate surface area is 119 Å². The fourth-order valence-electron chi connectivity index (χ4n) is 1.26. The molecule has 0 bridgehead atoms. The van der Waals surface area contributed by atoms with E-state index in [9.17, 15) is 14.4 Å². The maximum atomic E-state index is 11.6. The highest BCUT2D eigenvalue weighted by Gasteiger charge is 2.11. The number of carboxylic acid groups (broad SMARTS) is 1. The van der Waals surface area contributed by atoms with Crippen LogP contribution in [0.25, 0.3) is 0 Å². The molecular formula is C11H16N4O4S. The van der Waals surface area contributed by atoms with Gasteiger partial charge in [0.2, 0.25) is 11.8 Å². The van der Waals surface area contributed by atoms with Crippen LogP contribution in [0.2, 0.25) is 0 Å². The smallest absolute Gasteiger partial charge is 0.322 e. The van der Waals surface area contributed by atoms with E-state index in [2.05, 4.69) is 15.6 Å². The molecule has 2 amide bonds. The number of hydrogen-bond donors (Lipinski definition) is 4. The molecule has 0 spiro atoms. The van der Waals surface area contributed by atoms with Crippen molar-refractivity contribution in [2.75, 3.05) is 13.1 Å². The Hall–Kier alpha value is -2.00. The first-order chi connectivity index (χ1) is 9.38. The van der Waals surface area contributed by atoms with Gasteiger partial charge in [0.15, 0.2) is 0 Å². The number of hydrogen-bond acceptors (Lipinski definition) is 6. The molecule has 0 saturated carbocycles. The number of nitrogens with zero attached hydrogens (tertiary/aromatic N) is 1. The van der Waals surface area contributed by atoms with E-state index < -0.39 is 18.4 Å². The molecule has 0 saturated heterocycles. The average Bonchev–Trinajstić information content (AvgIpc) is 2.82. The lowest BCUT2D eigenvalue weighted by Gasteiger charge is -2.04. The van der Waals surface area contributed by atoms with Crippen molar-refractivity contribution in [3.63, 3.8) is 0 Å². The van der Waals surface area contributed by atoms with E-state index in [-0.39, 0.29) is 24.9 Å². The van der Waals surface area contributed by atoms with Crippen LogP contribution >= 0.6 is 11.3 Å². The van der Waals surface area contributed by atoms with Gasteiger partial charge in [-0.15, -0.1) is 11.3 Å². The van der Waals surface area contributed by atoms with Gasteiger partial charge in [-0.25, -0.2) is 4.98 Å². The maximum Gasteiger partial charge on any atom is 0.322 e. The van der Waals surface area contributed by atoms with Crippen molar-refractivity contribution in [3.8, 4) is 0 Å². The molecule has 20 heavy (non-hydrogen) atoms. The highest BCUT2D eigenvalue weighted by molar-refractivity contribution is 7.09. The molecule has 0 aliphatic carbocycles. The molecule has 0 aliphatic heterocycles. The molecule has 0 aromatic carbocycles. The summed E-state index contributed by atoms with van der Waals surface area (Å²) in [6.07, 6.45) is 0.0510. The van der Waals surface area contributed by atoms with Gasteiger partial charge in [-0.1, -0.05) is 0 Å². The van der Waals surface area contributed by atoms with Crippen molar-refractivity contribution in [1.82, 2.24) is 15.6 Å². The number of rotatable bonds is 7. The zero-order valence-corrected chi connectivity index (χ0v) is 11.7. The summed E-state index contributed by atoms with van der Waals surface area (Å²) in [5.41, 5.74) is 6.25. The number of aliphatic carboxylic acids is 1. The second kappa shape index (κ2) is 7.56. The van der Waals surface area contributed by atoms with Crippen molar-refractivity contribution < 1.29 is 19.5 Å². The second-order valence-corrected chi connectivity index (χ2v) is 4.98. The third-order valence-corrected chi connectivity index (χ3v) is 3.28. The van der Waals surface area contributed by atoms with Crippen LogP contribution in [-0.2, 0) is 20.8 Å². The third kappa shape index (κ3) is 5.76. The summed E-state index contributed by atoms with van der Waals surface area (Å²) in [6.45, 7) is 1.06. The number of thiazole rings is 1. The Morgan fingerprint density at radius 1 is 1.35 bits per heavy atom. The van der Waals surface area contributed by atoms with E-state index in [4.69, 9.17) is 10.8 Å². The first-order valence-electron chi connectivity index (χ1n) is 5.83. The molecule has 8 nitrogen and oxygen atoms in total. The lowest BCUT2D eigenvalue weighted by Crippen LogP contribution is -2.39. The first kappa shape index (κ1) is 16.1. The van der Waals surface area contributed by atoms with Crippen molar-refractivity contribution in [2.45, 2.75) is 19.4 Å². The van der Waals surface area contributed by atoms with Gasteiger partial charge < -0.3 is 21.5 Å². The molecule has 110 valence electrons. The summed E-state index contributed by atoms with van der Waals surface area (Å²) in [7, 11) is 0. The minimum absolute atomic E-state index is 0.0510. The Bertz CT molecular complexity index is 500. The van der Waals surface area contributed by atoms with Crippen LogP contribution < -0.4 is 16.4 Å². The first-order valence-corrected chi connectivity index (χ1v) is 6.71. The van der Waals surface area contributed by atoms with Crippen molar-refractivity contribution in [3.05, 3.63) is 16.1 Å². The molecule has 0 fully saturated rings. The Morgan fingerprint density at radius 3 is 2.55 bits per heavy atom. The lowest BCUT2D eigenvalue weighted by atomic mass is 10.3. The second-order valence-electron chi connectivity index (χ2n) is 4.09. The van der Waals surface area contributed by atoms with Crippen LogP contribution in [0.1, 0.15) is 23.7 Å². The standard InChI is InChI=1S/C11H16N4O4S/c1-6(12)11-15-7(5-20-11)2-8(16)13-3-9(17)14-4-10(18)19/h5-6H,2-4,12H2,1H3,(H,13,16)(H,14,17)(H,18,19). The summed E-state index contributed by atoms with van der Waals surface area (Å²) in [5.74, 6) is -2.07. The van der Waals surface area contributed by atoms with Crippen LogP contribution in [0, 0.1) is 0 Å². The van der Waals surface area contributed by atoms with Crippen molar-refractivity contribution in [2.24, 2.45) is 5.73 Å². The highest BCUT2D eigenvalue weighted by Crippen LogP contribution is 2.15. The Balaban J connectivity index is 2.32. The van der Waals surface area contributed by atoms with Gasteiger partial charge in [0.25, 0.3) is 0 Å². The maximum absolute atomic E-state index is 11.6. The predicted octanol–water partition coefficient (Wildman–Crippen LogP) is -0.978. The van der Waals surface area contributed by atoms with Crippen LogP contribution in [0.15, 0.2) is 5.38 Å². The average molecular weight is 300 g/mol. The summed E-state index contributed by atoms with van der Waals surface area (Å²) >= 11 is 1.37. The van der Waals surface area contributed by atoms with Crippen LogP contribution in [0.5, 0.6) is 0 Å². The highest BCUT2D eigenvalue weighted by atomic mass is 32.1. The van der Waals surface area contributed by atoms with E-state index >= 15 is 0 Å². The number of nitrogens with one attached hydrogen (secondary N) is 2. The summed E-state index contributed by atoms with van der Waals surface area (Å²) in [5, 5.41) is 15.4. The minimum Gasteiger partial charge on any atom is -0.480 e. The van der Waals surface area contributed by atoms with Gasteiger partial charge >= 0.3 is 5.97 Å². The zero-order chi connectivity index (χ0) is 15.1. The number of carbonyl (C=O) groups is 3. The lowest BCUT2D eigenvalue weighted by molar-refractivity contribution is -0.137. The number of amides is 2. The van der Waals surface area contributed by atoms with Crippen LogP contribution in [-0.4, -0.2) is 41.0 Å². The molecule has 0 radical (unpaired) electrons. The van der Waals surface area contributed by atoms with E-state index in [1.54, 1.807) is 12.3 Å². The minimum atomic E-state index is -1.14. The van der Waals surface area contributed by atoms with E-state index in [0.29, 0.717) is 5.69 Å². The monoisotopic (exact) mass is 300 g/mol. The summed E-state index contributed by atoms with van der Waals surface area (Å²) in [4.78, 5) is 37.2. The van der Waals surface area contributed by atoms with E-state index in [1.807, 2.05) is 0 Å². The molecular weight excluding hydrogens is 284 g/mol. The number of carboxylic acids is 1. The molecule has 1 rings (SSSR count). The Morgan fingerprint density at radius 2 is 2.00 bits per heavy atom. The van der Waals surface area contributed by atoms with Crippen molar-refractivity contribution in [1.29, 1.82) is 0 Å². The molecule has 1 aromatic rings.